The maximum absolute atomic E-state index is 12.3. The maximum Gasteiger partial charge on any atom is 0.342 e. The summed E-state index contributed by atoms with van der Waals surface area (Å²) in [6.07, 6.45) is 0. The molecule has 1 rings (SSSR count). The van der Waals surface area contributed by atoms with Gasteiger partial charge in [-0.1, -0.05) is 0 Å². The fraction of sp³-hybridized carbons (Fsp3) is 0.353. The molecule has 1 aromatic carbocycles. The van der Waals surface area contributed by atoms with E-state index in [-0.39, 0.29) is 22.6 Å². The molecule has 8 heteroatoms. The minimum Gasteiger partial charge on any atom is -0.508 e. The lowest BCUT2D eigenvalue weighted by Gasteiger charge is -2.14. The third-order valence-corrected chi connectivity index (χ3v) is 3.28. The number of hydrogen-bond donors (Lipinski definition) is 2. The van der Waals surface area contributed by atoms with Gasteiger partial charge in [0.2, 0.25) is 0 Å². The van der Waals surface area contributed by atoms with Crippen molar-refractivity contribution in [2.75, 3.05) is 27.9 Å². The number of rotatable bonds is 8. The Kier molecular flexibility index (Phi) is 6.98. The first-order chi connectivity index (χ1) is 11.8. The second-order valence-electron chi connectivity index (χ2n) is 4.99. The molecule has 0 aliphatic heterocycles. The first kappa shape index (κ1) is 20.0. The van der Waals surface area contributed by atoms with Gasteiger partial charge in [-0.2, -0.15) is 0 Å². The van der Waals surface area contributed by atoms with E-state index in [0.29, 0.717) is 11.5 Å². The van der Waals surface area contributed by atoms with Gasteiger partial charge in [0.25, 0.3) is 0 Å². The van der Waals surface area contributed by atoms with Gasteiger partial charge in [0.05, 0.1) is 26.9 Å². The van der Waals surface area contributed by atoms with Gasteiger partial charge in [0.15, 0.2) is 17.3 Å². The molecule has 0 radical (unpaired) electrons. The Hall–Kier alpha value is -3.03. The number of carbonyl (C=O) groups excluding carboxylic acids is 2. The molecule has 25 heavy (non-hydrogen) atoms. The van der Waals surface area contributed by atoms with Gasteiger partial charge in [-0.25, -0.2) is 4.79 Å². The molecule has 136 valence electrons. The van der Waals surface area contributed by atoms with E-state index >= 15 is 0 Å². The first-order valence-electron chi connectivity index (χ1n) is 7.22. The Morgan fingerprint density at radius 1 is 1.00 bits per heavy atom. The summed E-state index contributed by atoms with van der Waals surface area (Å²) < 4.78 is 20.4. The van der Waals surface area contributed by atoms with E-state index in [2.05, 4.69) is 0 Å². The molecule has 0 fully saturated rings. The maximum atomic E-state index is 12.3. The van der Waals surface area contributed by atoms with E-state index in [1.165, 1.54) is 47.3 Å². The molecule has 2 N–H and O–H groups in total. The SMILES string of the molecule is COc1cc(OC)c(C(=O)OC/C(O)=C(\C(C)=N)C(C)=O)cc1OC. The highest BCUT2D eigenvalue weighted by atomic mass is 16.5. The predicted octanol–water partition coefficient (Wildman–Crippen LogP) is 2.31. The fourth-order valence-corrected chi connectivity index (χ4v) is 2.16. The Morgan fingerprint density at radius 3 is 1.96 bits per heavy atom. The minimum atomic E-state index is -0.796. The average molecular weight is 351 g/mol. The lowest BCUT2D eigenvalue weighted by atomic mass is 10.1. The smallest absolute Gasteiger partial charge is 0.342 e. The van der Waals surface area contributed by atoms with Crippen molar-refractivity contribution in [1.29, 1.82) is 5.41 Å². The van der Waals surface area contributed by atoms with Crippen LogP contribution in [0.3, 0.4) is 0 Å². The van der Waals surface area contributed by atoms with Crippen LogP contribution >= 0.6 is 0 Å². The number of ketones is 1. The van der Waals surface area contributed by atoms with Crippen LogP contribution in [0.15, 0.2) is 23.5 Å². The molecule has 0 bridgehead atoms. The zero-order chi connectivity index (χ0) is 19.1. The summed E-state index contributed by atoms with van der Waals surface area (Å²) in [6, 6.07) is 2.85. The predicted molar refractivity (Wildman–Crippen MR) is 90.1 cm³/mol. The number of nitrogens with one attached hydrogen (secondary N) is 1. The average Bonchev–Trinajstić information content (AvgIpc) is 2.57. The number of allylic oxidation sites excluding steroid dienone is 1. The molecular formula is C17H21NO7. The highest BCUT2D eigenvalue weighted by Crippen LogP contribution is 2.34. The zero-order valence-electron chi connectivity index (χ0n) is 14.8. The van der Waals surface area contributed by atoms with Crippen LogP contribution in [0.4, 0.5) is 0 Å². The summed E-state index contributed by atoms with van der Waals surface area (Å²) in [5.74, 6) is -0.916. The van der Waals surface area contributed by atoms with Gasteiger partial charge in [-0.15, -0.1) is 0 Å². The Balaban J connectivity index is 3.10. The van der Waals surface area contributed by atoms with Crippen molar-refractivity contribution in [3.63, 3.8) is 0 Å². The number of Topliss-reactive ketones (excluding diaryl/α,β-unsaturated/α-hetero) is 1. The van der Waals surface area contributed by atoms with Crippen LogP contribution in [0.1, 0.15) is 24.2 Å². The molecule has 0 atom stereocenters. The van der Waals surface area contributed by atoms with Crippen molar-refractivity contribution in [2.45, 2.75) is 13.8 Å². The Bertz CT molecular complexity index is 706. The number of aliphatic hydroxyl groups is 1. The number of aliphatic hydroxyl groups excluding tert-OH is 1. The Morgan fingerprint density at radius 2 is 1.52 bits per heavy atom. The molecule has 0 unspecified atom stereocenters. The third kappa shape index (κ3) is 4.72. The molecule has 8 nitrogen and oxygen atoms in total. The summed E-state index contributed by atoms with van der Waals surface area (Å²) in [7, 11) is 4.24. The molecule has 0 aliphatic rings. The quantitative estimate of drug-likeness (QED) is 0.319. The van der Waals surface area contributed by atoms with Crippen LogP contribution in [0.2, 0.25) is 0 Å². The second-order valence-corrected chi connectivity index (χ2v) is 4.99. The molecule has 0 amide bonds. The lowest BCUT2D eigenvalue weighted by molar-refractivity contribution is -0.113. The number of ether oxygens (including phenoxy) is 4. The molecule has 0 heterocycles. The van der Waals surface area contributed by atoms with Crippen molar-refractivity contribution in [3.8, 4) is 17.2 Å². The second kappa shape index (κ2) is 8.72. The van der Waals surface area contributed by atoms with Crippen LogP contribution < -0.4 is 14.2 Å². The van der Waals surface area contributed by atoms with E-state index in [1.807, 2.05) is 0 Å². The molecule has 0 saturated carbocycles. The number of benzene rings is 1. The van der Waals surface area contributed by atoms with Gasteiger partial charge in [0, 0.05) is 17.8 Å². The van der Waals surface area contributed by atoms with E-state index in [0.717, 1.165) is 0 Å². The van der Waals surface area contributed by atoms with Crippen LogP contribution in [-0.2, 0) is 9.53 Å². The van der Waals surface area contributed by atoms with Gasteiger partial charge < -0.3 is 29.5 Å². The van der Waals surface area contributed by atoms with Gasteiger partial charge in [-0.05, 0) is 13.8 Å². The van der Waals surface area contributed by atoms with Crippen molar-refractivity contribution in [1.82, 2.24) is 0 Å². The van der Waals surface area contributed by atoms with Gasteiger partial charge >= 0.3 is 5.97 Å². The molecule has 0 spiro atoms. The van der Waals surface area contributed by atoms with Crippen LogP contribution in [0.25, 0.3) is 0 Å². The largest absolute Gasteiger partial charge is 0.508 e. The van der Waals surface area contributed by atoms with E-state index in [9.17, 15) is 14.7 Å². The van der Waals surface area contributed by atoms with Crippen LogP contribution in [0, 0.1) is 5.41 Å². The van der Waals surface area contributed by atoms with Crippen molar-refractivity contribution in [3.05, 3.63) is 29.0 Å². The van der Waals surface area contributed by atoms with Gasteiger partial charge in [0.1, 0.15) is 23.7 Å². The zero-order valence-corrected chi connectivity index (χ0v) is 14.8. The normalized spacial score (nSPS) is 11.2. The summed E-state index contributed by atoms with van der Waals surface area (Å²) in [5, 5.41) is 17.4. The number of methoxy groups -OCH3 is 3. The van der Waals surface area contributed by atoms with Crippen molar-refractivity contribution < 1.29 is 33.6 Å². The number of hydrogen-bond acceptors (Lipinski definition) is 8. The summed E-state index contributed by atoms with van der Waals surface area (Å²) >= 11 is 0. The third-order valence-electron chi connectivity index (χ3n) is 3.28. The summed E-state index contributed by atoms with van der Waals surface area (Å²) in [4.78, 5) is 23.7. The van der Waals surface area contributed by atoms with Crippen molar-refractivity contribution >= 4 is 17.5 Å². The lowest BCUT2D eigenvalue weighted by Crippen LogP contribution is -2.15. The van der Waals surface area contributed by atoms with Gasteiger partial charge in [-0.3, -0.25) is 4.79 Å². The monoisotopic (exact) mass is 351 g/mol. The topological polar surface area (TPSA) is 115 Å². The summed E-state index contributed by atoms with van der Waals surface area (Å²) in [6.45, 7) is 2.01. The van der Waals surface area contributed by atoms with Crippen molar-refractivity contribution in [2.24, 2.45) is 0 Å². The van der Waals surface area contributed by atoms with Crippen LogP contribution in [-0.4, -0.2) is 50.5 Å². The van der Waals surface area contributed by atoms with Crippen LogP contribution in [0.5, 0.6) is 17.2 Å². The molecule has 1 aromatic rings. The molecular weight excluding hydrogens is 330 g/mol. The van der Waals surface area contributed by atoms with E-state index in [1.54, 1.807) is 0 Å². The molecule has 0 saturated heterocycles. The first-order valence-corrected chi connectivity index (χ1v) is 7.22. The standard InChI is InChI=1S/C17H21NO7/c1-9(18)16(10(2)19)12(20)8-25-17(21)11-6-14(23-4)15(24-5)7-13(11)22-3/h6-7,18,20H,8H2,1-5H3/b16-12-,18-9?. The fourth-order valence-electron chi connectivity index (χ4n) is 2.16. The minimum absolute atomic E-state index is 0.0592. The highest BCUT2D eigenvalue weighted by molar-refractivity contribution is 6.20. The Labute approximate surface area is 145 Å². The summed E-state index contributed by atoms with van der Waals surface area (Å²) in [5.41, 5.74) is -0.249. The number of carbonyl (C=O) groups is 2. The molecule has 0 aromatic heterocycles. The highest BCUT2D eigenvalue weighted by Gasteiger charge is 2.21. The van der Waals surface area contributed by atoms with E-state index in [4.69, 9.17) is 24.4 Å². The number of esters is 1. The van der Waals surface area contributed by atoms with E-state index < -0.39 is 24.1 Å². The molecule has 0 aliphatic carbocycles.